The number of rotatable bonds is 6. The summed E-state index contributed by atoms with van der Waals surface area (Å²) in [5, 5.41) is 10.7. The third-order valence-corrected chi connectivity index (χ3v) is 3.12. The van der Waals surface area contributed by atoms with Gasteiger partial charge in [0, 0.05) is 12.1 Å². The molecule has 0 aliphatic rings. The van der Waals surface area contributed by atoms with Crippen molar-refractivity contribution in [3.63, 3.8) is 0 Å². The molecule has 0 bridgehead atoms. The molecule has 0 amide bonds. The molecule has 0 aliphatic carbocycles. The Labute approximate surface area is 136 Å². The number of carbonyl (C=O) groups is 1. The first-order valence-electron chi connectivity index (χ1n) is 6.89. The van der Waals surface area contributed by atoms with Crippen LogP contribution < -0.4 is 4.74 Å². The van der Waals surface area contributed by atoms with Crippen molar-refractivity contribution in [3.8, 4) is 5.75 Å². The lowest BCUT2D eigenvalue weighted by atomic mass is 10.1. The van der Waals surface area contributed by atoms with Gasteiger partial charge < -0.3 is 4.74 Å². The van der Waals surface area contributed by atoms with Crippen LogP contribution in [0.3, 0.4) is 0 Å². The fourth-order valence-electron chi connectivity index (χ4n) is 2.04. The molecular formula is C17H13F2NO4. The van der Waals surface area contributed by atoms with Gasteiger partial charge in [0.25, 0.3) is 5.69 Å². The highest BCUT2D eigenvalue weighted by Crippen LogP contribution is 2.23. The monoisotopic (exact) mass is 333 g/mol. The smallest absolute Gasteiger partial charge is 0.387 e. The number of benzene rings is 2. The zero-order valence-electron chi connectivity index (χ0n) is 12.6. The summed E-state index contributed by atoms with van der Waals surface area (Å²) in [7, 11) is 0. The fourth-order valence-corrected chi connectivity index (χ4v) is 2.04. The van der Waals surface area contributed by atoms with Gasteiger partial charge in [0.2, 0.25) is 0 Å². The van der Waals surface area contributed by atoms with E-state index in [1.54, 1.807) is 19.1 Å². The SMILES string of the molecule is Cc1ccc(OC(F)F)c(C(=O)/C=C/c2cccc([N+](=O)[O-])c2)c1. The number of hydrogen-bond acceptors (Lipinski definition) is 4. The number of hydrogen-bond donors (Lipinski definition) is 0. The minimum absolute atomic E-state index is 0.00280. The lowest BCUT2D eigenvalue weighted by Crippen LogP contribution is -2.07. The molecular weight excluding hydrogens is 320 g/mol. The third-order valence-electron chi connectivity index (χ3n) is 3.12. The van der Waals surface area contributed by atoms with E-state index in [1.807, 2.05) is 0 Å². The van der Waals surface area contributed by atoms with Gasteiger partial charge in [-0.05, 0) is 30.7 Å². The zero-order chi connectivity index (χ0) is 17.7. The average molecular weight is 333 g/mol. The lowest BCUT2D eigenvalue weighted by Gasteiger charge is -2.09. The highest BCUT2D eigenvalue weighted by molar-refractivity contribution is 6.08. The molecule has 0 aromatic heterocycles. The van der Waals surface area contributed by atoms with Gasteiger partial charge in [0.15, 0.2) is 5.78 Å². The van der Waals surface area contributed by atoms with E-state index in [0.29, 0.717) is 11.1 Å². The van der Waals surface area contributed by atoms with Gasteiger partial charge in [0.1, 0.15) is 5.75 Å². The Morgan fingerprint density at radius 2 is 2.00 bits per heavy atom. The number of nitro benzene ring substituents is 1. The first-order valence-corrected chi connectivity index (χ1v) is 6.89. The van der Waals surface area contributed by atoms with Crippen molar-refractivity contribution >= 4 is 17.5 Å². The molecule has 0 unspecified atom stereocenters. The molecule has 0 fully saturated rings. The van der Waals surface area contributed by atoms with Crippen molar-refractivity contribution in [2.24, 2.45) is 0 Å². The number of carbonyl (C=O) groups excluding carboxylic acids is 1. The molecule has 24 heavy (non-hydrogen) atoms. The topological polar surface area (TPSA) is 69.4 Å². The van der Waals surface area contributed by atoms with Crippen molar-refractivity contribution in [2.45, 2.75) is 13.5 Å². The predicted molar refractivity (Wildman–Crippen MR) is 84.3 cm³/mol. The fraction of sp³-hybridized carbons (Fsp3) is 0.118. The second-order valence-corrected chi connectivity index (χ2v) is 4.93. The Balaban J connectivity index is 2.27. The summed E-state index contributed by atoms with van der Waals surface area (Å²) in [6, 6.07) is 10.0. The van der Waals surface area contributed by atoms with E-state index in [4.69, 9.17) is 0 Å². The van der Waals surface area contributed by atoms with E-state index in [9.17, 15) is 23.7 Å². The minimum Gasteiger partial charge on any atom is -0.434 e. The zero-order valence-corrected chi connectivity index (χ0v) is 12.6. The van der Waals surface area contributed by atoms with E-state index in [0.717, 1.165) is 6.08 Å². The lowest BCUT2D eigenvalue weighted by molar-refractivity contribution is -0.384. The number of nitro groups is 1. The number of allylic oxidation sites excluding steroid dienone is 1. The van der Waals surface area contributed by atoms with Crippen LogP contribution in [-0.2, 0) is 0 Å². The van der Waals surface area contributed by atoms with Crippen molar-refractivity contribution < 1.29 is 23.2 Å². The number of aryl methyl sites for hydroxylation is 1. The van der Waals surface area contributed by atoms with Crippen LogP contribution in [0.15, 0.2) is 48.5 Å². The highest BCUT2D eigenvalue weighted by Gasteiger charge is 2.14. The number of ether oxygens (including phenoxy) is 1. The Morgan fingerprint density at radius 3 is 2.67 bits per heavy atom. The Morgan fingerprint density at radius 1 is 1.25 bits per heavy atom. The molecule has 2 rings (SSSR count). The van der Waals surface area contributed by atoms with E-state index < -0.39 is 17.3 Å². The second-order valence-electron chi connectivity index (χ2n) is 4.93. The Kier molecular flexibility index (Phi) is 5.36. The molecule has 7 heteroatoms. The summed E-state index contributed by atoms with van der Waals surface area (Å²) in [5.41, 5.74) is 1.05. The van der Waals surface area contributed by atoms with E-state index in [-0.39, 0.29) is 17.0 Å². The van der Waals surface area contributed by atoms with Crippen LogP contribution in [0.4, 0.5) is 14.5 Å². The third kappa shape index (κ3) is 4.45. The first-order chi connectivity index (χ1) is 11.4. The van der Waals surface area contributed by atoms with Gasteiger partial charge in [-0.25, -0.2) is 0 Å². The molecule has 0 saturated heterocycles. The van der Waals surface area contributed by atoms with E-state index in [1.165, 1.54) is 36.4 Å². The number of ketones is 1. The van der Waals surface area contributed by atoms with Crippen LogP contribution in [0.1, 0.15) is 21.5 Å². The van der Waals surface area contributed by atoms with Crippen LogP contribution in [-0.4, -0.2) is 17.3 Å². The van der Waals surface area contributed by atoms with Gasteiger partial charge in [-0.2, -0.15) is 8.78 Å². The predicted octanol–water partition coefficient (Wildman–Crippen LogP) is 4.40. The van der Waals surface area contributed by atoms with Gasteiger partial charge in [-0.1, -0.05) is 29.8 Å². The Hall–Kier alpha value is -3.09. The summed E-state index contributed by atoms with van der Waals surface area (Å²) >= 11 is 0. The highest BCUT2D eigenvalue weighted by atomic mass is 19.3. The molecule has 0 heterocycles. The molecule has 0 aliphatic heterocycles. The summed E-state index contributed by atoms with van der Waals surface area (Å²) in [6.45, 7) is -1.33. The van der Waals surface area contributed by atoms with Gasteiger partial charge in [-0.3, -0.25) is 14.9 Å². The molecule has 5 nitrogen and oxygen atoms in total. The van der Waals surface area contributed by atoms with Crippen LogP contribution in [0.25, 0.3) is 6.08 Å². The van der Waals surface area contributed by atoms with Crippen molar-refractivity contribution in [1.29, 1.82) is 0 Å². The normalized spacial score (nSPS) is 11.0. The average Bonchev–Trinajstić information content (AvgIpc) is 2.54. The first kappa shape index (κ1) is 17.3. The molecule has 2 aromatic carbocycles. The molecule has 2 aromatic rings. The van der Waals surface area contributed by atoms with Gasteiger partial charge >= 0.3 is 6.61 Å². The molecule has 0 radical (unpaired) electrons. The molecule has 0 saturated carbocycles. The van der Waals surface area contributed by atoms with Crippen LogP contribution in [0.2, 0.25) is 0 Å². The van der Waals surface area contributed by atoms with Gasteiger partial charge in [-0.15, -0.1) is 0 Å². The molecule has 0 spiro atoms. The van der Waals surface area contributed by atoms with E-state index in [2.05, 4.69) is 4.74 Å². The molecule has 124 valence electrons. The molecule has 0 atom stereocenters. The Bertz CT molecular complexity index is 803. The summed E-state index contributed by atoms with van der Waals surface area (Å²) in [4.78, 5) is 22.4. The maximum atomic E-state index is 12.4. The van der Waals surface area contributed by atoms with Crippen LogP contribution in [0, 0.1) is 17.0 Å². The summed E-state index contributed by atoms with van der Waals surface area (Å²) in [5.74, 6) is -0.759. The largest absolute Gasteiger partial charge is 0.434 e. The maximum absolute atomic E-state index is 12.4. The minimum atomic E-state index is -3.04. The number of halogens is 2. The van der Waals surface area contributed by atoms with Crippen LogP contribution in [0.5, 0.6) is 5.75 Å². The number of non-ortho nitro benzene ring substituents is 1. The van der Waals surface area contributed by atoms with Crippen LogP contribution >= 0.6 is 0 Å². The summed E-state index contributed by atoms with van der Waals surface area (Å²) < 4.78 is 29.2. The van der Waals surface area contributed by atoms with Crippen molar-refractivity contribution in [2.75, 3.05) is 0 Å². The van der Waals surface area contributed by atoms with Crippen molar-refractivity contribution in [1.82, 2.24) is 0 Å². The quantitative estimate of drug-likeness (QED) is 0.340. The van der Waals surface area contributed by atoms with Crippen molar-refractivity contribution in [3.05, 3.63) is 75.3 Å². The standard InChI is InChI=1S/C17H13F2NO4/c1-11-5-8-16(24-17(18)19)14(9-11)15(21)7-6-12-3-2-4-13(10-12)20(22)23/h2-10,17H,1H3/b7-6+. The molecule has 0 N–H and O–H groups in total. The summed E-state index contributed by atoms with van der Waals surface area (Å²) in [6.07, 6.45) is 2.54. The van der Waals surface area contributed by atoms with Gasteiger partial charge in [0.05, 0.1) is 10.5 Å². The van der Waals surface area contributed by atoms with E-state index >= 15 is 0 Å². The second kappa shape index (κ2) is 7.45. The maximum Gasteiger partial charge on any atom is 0.387 e. The number of nitrogens with zero attached hydrogens (tertiary/aromatic N) is 1. The number of alkyl halides is 2.